The lowest BCUT2D eigenvalue weighted by Gasteiger charge is -2.09. The molecule has 0 fully saturated rings. The first-order chi connectivity index (χ1) is 10.9. The summed E-state index contributed by atoms with van der Waals surface area (Å²) in [5.74, 6) is -0.384. The summed E-state index contributed by atoms with van der Waals surface area (Å²) in [5, 5.41) is 2.64. The Balaban J connectivity index is 2.05. The third-order valence-electron chi connectivity index (χ3n) is 3.16. The van der Waals surface area contributed by atoms with Crippen molar-refractivity contribution in [2.45, 2.75) is 19.6 Å². The molecule has 0 spiro atoms. The molecule has 1 aromatic heterocycles. The van der Waals surface area contributed by atoms with Crippen molar-refractivity contribution in [1.29, 1.82) is 0 Å². The first-order valence-corrected chi connectivity index (χ1v) is 6.90. The first-order valence-electron chi connectivity index (χ1n) is 6.90. The average molecular weight is 320 g/mol. The number of amides is 1. The Morgan fingerprint density at radius 3 is 2.65 bits per heavy atom. The highest BCUT2D eigenvalue weighted by molar-refractivity contribution is 5.94. The van der Waals surface area contributed by atoms with Crippen molar-refractivity contribution in [2.75, 3.05) is 0 Å². The maximum atomic E-state index is 12.7. The van der Waals surface area contributed by atoms with Crippen LogP contribution in [0.2, 0.25) is 0 Å². The van der Waals surface area contributed by atoms with Crippen LogP contribution >= 0.6 is 0 Å². The lowest BCUT2D eigenvalue weighted by atomic mass is 10.0. The molecule has 1 N–H and O–H groups in total. The maximum absolute atomic E-state index is 12.7. The lowest BCUT2D eigenvalue weighted by molar-refractivity contribution is -0.137. The van der Waals surface area contributed by atoms with Gasteiger partial charge in [0.2, 0.25) is 5.91 Å². The van der Waals surface area contributed by atoms with Gasteiger partial charge in [0.05, 0.1) is 17.8 Å². The SMILES string of the molecule is CC(=CC(=O)NCc1ccccn1)c1cccc(C(F)(F)F)c1. The van der Waals surface area contributed by atoms with Gasteiger partial charge in [0.15, 0.2) is 0 Å². The summed E-state index contributed by atoms with van der Waals surface area (Å²) < 4.78 is 38.1. The number of alkyl halides is 3. The largest absolute Gasteiger partial charge is 0.416 e. The molecule has 0 bridgehead atoms. The van der Waals surface area contributed by atoms with E-state index in [1.807, 2.05) is 0 Å². The van der Waals surface area contributed by atoms with Crippen molar-refractivity contribution < 1.29 is 18.0 Å². The molecule has 120 valence electrons. The van der Waals surface area contributed by atoms with Gasteiger partial charge in [-0.2, -0.15) is 13.2 Å². The highest BCUT2D eigenvalue weighted by Crippen LogP contribution is 2.30. The van der Waals surface area contributed by atoms with Crippen LogP contribution in [0.15, 0.2) is 54.7 Å². The van der Waals surface area contributed by atoms with Gasteiger partial charge < -0.3 is 5.32 Å². The number of hydrogen-bond acceptors (Lipinski definition) is 2. The predicted octanol–water partition coefficient (Wildman–Crippen LogP) is 3.82. The molecule has 0 radical (unpaired) electrons. The Kier molecular flexibility index (Phi) is 5.16. The summed E-state index contributed by atoms with van der Waals surface area (Å²) in [7, 11) is 0. The molecule has 0 atom stereocenters. The van der Waals surface area contributed by atoms with Crippen LogP contribution in [0.4, 0.5) is 13.2 Å². The molecule has 0 aliphatic rings. The van der Waals surface area contributed by atoms with Crippen LogP contribution in [0.5, 0.6) is 0 Å². The number of aromatic nitrogens is 1. The molecule has 1 aromatic carbocycles. The number of allylic oxidation sites excluding steroid dienone is 1. The highest BCUT2D eigenvalue weighted by Gasteiger charge is 2.30. The van der Waals surface area contributed by atoms with Crippen LogP contribution in [0, 0.1) is 0 Å². The standard InChI is InChI=1S/C17H15F3N2O/c1-12(13-5-4-6-14(10-13)17(18,19)20)9-16(23)22-11-15-7-2-3-8-21-15/h2-10H,11H2,1H3,(H,22,23). The Morgan fingerprint density at radius 2 is 2.00 bits per heavy atom. The number of pyridine rings is 1. The monoisotopic (exact) mass is 320 g/mol. The van der Waals surface area contributed by atoms with Gasteiger partial charge in [-0.25, -0.2) is 0 Å². The average Bonchev–Trinajstić information content (AvgIpc) is 2.53. The Morgan fingerprint density at radius 1 is 1.22 bits per heavy atom. The smallest absolute Gasteiger partial charge is 0.347 e. The van der Waals surface area contributed by atoms with E-state index in [0.717, 1.165) is 12.1 Å². The molecule has 6 heteroatoms. The molecule has 0 saturated carbocycles. The molecule has 1 heterocycles. The fourth-order valence-corrected chi connectivity index (χ4v) is 1.95. The number of nitrogens with one attached hydrogen (secondary N) is 1. The first kappa shape index (κ1) is 16.7. The van der Waals surface area contributed by atoms with Gasteiger partial charge in [0.1, 0.15) is 0 Å². The van der Waals surface area contributed by atoms with Crippen molar-refractivity contribution >= 4 is 11.5 Å². The van der Waals surface area contributed by atoms with Gasteiger partial charge in [-0.1, -0.05) is 18.2 Å². The minimum atomic E-state index is -4.41. The Bertz CT molecular complexity index is 709. The summed E-state index contributed by atoms with van der Waals surface area (Å²) >= 11 is 0. The summed E-state index contributed by atoms with van der Waals surface area (Å²) in [6.07, 6.45) is -1.51. The van der Waals surface area contributed by atoms with E-state index >= 15 is 0 Å². The normalized spacial score (nSPS) is 12.1. The predicted molar refractivity (Wildman–Crippen MR) is 81.2 cm³/mol. The third-order valence-corrected chi connectivity index (χ3v) is 3.16. The number of carbonyl (C=O) groups excluding carboxylic acids is 1. The van der Waals surface area contributed by atoms with E-state index in [2.05, 4.69) is 10.3 Å². The molecule has 2 aromatic rings. The molecule has 0 saturated heterocycles. The Labute approximate surface area is 131 Å². The number of carbonyl (C=O) groups is 1. The molecule has 1 amide bonds. The van der Waals surface area contributed by atoms with Crippen molar-refractivity contribution in [2.24, 2.45) is 0 Å². The number of rotatable bonds is 4. The van der Waals surface area contributed by atoms with Crippen LogP contribution in [-0.4, -0.2) is 10.9 Å². The van der Waals surface area contributed by atoms with Gasteiger partial charge in [-0.05, 0) is 42.3 Å². The van der Waals surface area contributed by atoms with Gasteiger partial charge in [-0.3, -0.25) is 9.78 Å². The quantitative estimate of drug-likeness (QED) is 0.870. The second kappa shape index (κ2) is 7.09. The van der Waals surface area contributed by atoms with Crippen molar-refractivity contribution in [1.82, 2.24) is 10.3 Å². The lowest BCUT2D eigenvalue weighted by Crippen LogP contribution is -2.21. The summed E-state index contributed by atoms with van der Waals surface area (Å²) in [6, 6.07) is 10.2. The molecule has 0 aliphatic heterocycles. The van der Waals surface area contributed by atoms with Crippen molar-refractivity contribution in [3.05, 3.63) is 71.6 Å². The highest BCUT2D eigenvalue weighted by atomic mass is 19.4. The van der Waals surface area contributed by atoms with Gasteiger partial charge in [0, 0.05) is 12.3 Å². The van der Waals surface area contributed by atoms with Crippen molar-refractivity contribution in [3.8, 4) is 0 Å². The summed E-state index contributed by atoms with van der Waals surface area (Å²) in [4.78, 5) is 15.9. The zero-order chi connectivity index (χ0) is 16.9. The van der Waals surface area contributed by atoms with E-state index in [4.69, 9.17) is 0 Å². The van der Waals surface area contributed by atoms with Crippen molar-refractivity contribution in [3.63, 3.8) is 0 Å². The van der Waals surface area contributed by atoms with E-state index in [-0.39, 0.29) is 12.5 Å². The molecule has 0 unspecified atom stereocenters. The van der Waals surface area contributed by atoms with Crippen LogP contribution in [-0.2, 0) is 17.5 Å². The number of halogens is 3. The minimum Gasteiger partial charge on any atom is -0.347 e. The van der Waals surface area contributed by atoms with Crippen LogP contribution < -0.4 is 5.32 Å². The van der Waals surface area contributed by atoms with Crippen LogP contribution in [0.1, 0.15) is 23.7 Å². The van der Waals surface area contributed by atoms with E-state index in [0.29, 0.717) is 16.8 Å². The fourth-order valence-electron chi connectivity index (χ4n) is 1.95. The fraction of sp³-hybridized carbons (Fsp3) is 0.176. The van der Waals surface area contributed by atoms with E-state index < -0.39 is 11.7 Å². The Hall–Kier alpha value is -2.63. The number of hydrogen-bond donors (Lipinski definition) is 1. The minimum absolute atomic E-state index is 0.256. The maximum Gasteiger partial charge on any atom is 0.416 e. The number of benzene rings is 1. The van der Waals surface area contributed by atoms with E-state index in [1.165, 1.54) is 18.2 Å². The summed E-state index contributed by atoms with van der Waals surface area (Å²) in [6.45, 7) is 1.85. The second-order valence-electron chi connectivity index (χ2n) is 4.94. The second-order valence-corrected chi connectivity index (χ2v) is 4.94. The molecule has 3 nitrogen and oxygen atoms in total. The van der Waals surface area contributed by atoms with Gasteiger partial charge in [-0.15, -0.1) is 0 Å². The van der Waals surface area contributed by atoms with Crippen LogP contribution in [0.25, 0.3) is 5.57 Å². The molecular formula is C17H15F3N2O. The zero-order valence-corrected chi connectivity index (χ0v) is 12.4. The topological polar surface area (TPSA) is 42.0 Å². The van der Waals surface area contributed by atoms with Crippen LogP contribution in [0.3, 0.4) is 0 Å². The van der Waals surface area contributed by atoms with E-state index in [9.17, 15) is 18.0 Å². The van der Waals surface area contributed by atoms with Gasteiger partial charge >= 0.3 is 6.18 Å². The third kappa shape index (κ3) is 4.95. The molecule has 2 rings (SSSR count). The van der Waals surface area contributed by atoms with Gasteiger partial charge in [0.25, 0.3) is 0 Å². The van der Waals surface area contributed by atoms with E-state index in [1.54, 1.807) is 31.3 Å². The zero-order valence-electron chi connectivity index (χ0n) is 12.4. The molecule has 23 heavy (non-hydrogen) atoms. The summed E-state index contributed by atoms with van der Waals surface area (Å²) in [5.41, 5.74) is 0.769. The molecular weight excluding hydrogens is 305 g/mol. The molecule has 0 aliphatic carbocycles. The number of nitrogens with zero attached hydrogens (tertiary/aromatic N) is 1.